The van der Waals surface area contributed by atoms with Crippen LogP contribution >= 0.6 is 11.8 Å². The van der Waals surface area contributed by atoms with Crippen LogP contribution in [0.2, 0.25) is 0 Å². The van der Waals surface area contributed by atoms with Gasteiger partial charge in [-0.15, -0.1) is 11.8 Å². The molecular weight excluding hydrogens is 436 g/mol. The van der Waals surface area contributed by atoms with E-state index >= 15 is 0 Å². The van der Waals surface area contributed by atoms with E-state index in [1.807, 2.05) is 78.9 Å². The third kappa shape index (κ3) is 4.98. The Bertz CT molecular complexity index is 1100. The van der Waals surface area contributed by atoms with Crippen molar-refractivity contribution in [1.29, 1.82) is 0 Å². The first kappa shape index (κ1) is 22.7. The number of hydrogen-bond donors (Lipinski definition) is 2. The van der Waals surface area contributed by atoms with Crippen molar-refractivity contribution in [2.75, 3.05) is 14.2 Å². The maximum atomic E-state index is 13.7. The lowest BCUT2D eigenvalue weighted by atomic mass is 9.92. The second-order valence-corrected chi connectivity index (χ2v) is 9.19. The molecule has 0 aliphatic carbocycles. The number of rotatable bonds is 8. The third-order valence-corrected chi connectivity index (χ3v) is 7.12. The van der Waals surface area contributed by atoms with Gasteiger partial charge in [-0.25, -0.2) is 0 Å². The summed E-state index contributed by atoms with van der Waals surface area (Å²) in [4.78, 5) is 27.3. The van der Waals surface area contributed by atoms with Crippen LogP contribution in [0.5, 0.6) is 11.5 Å². The molecule has 2 amide bonds. The molecule has 33 heavy (non-hydrogen) atoms. The molecule has 6 nitrogen and oxygen atoms in total. The summed E-state index contributed by atoms with van der Waals surface area (Å²) in [6, 6.07) is 24.2. The van der Waals surface area contributed by atoms with Crippen LogP contribution in [0, 0.1) is 0 Å². The molecule has 1 fully saturated rings. The van der Waals surface area contributed by atoms with Crippen LogP contribution in [0.25, 0.3) is 0 Å². The number of hydrogen-bond acceptors (Lipinski definition) is 5. The van der Waals surface area contributed by atoms with Crippen molar-refractivity contribution in [2.45, 2.75) is 28.6 Å². The molecule has 170 valence electrons. The Morgan fingerprint density at radius 2 is 1.58 bits per heavy atom. The molecule has 1 aliphatic rings. The molecule has 0 spiro atoms. The number of carbonyl (C=O) groups excluding carboxylic acids is 2. The summed E-state index contributed by atoms with van der Waals surface area (Å²) in [6.07, 6.45) is 0.0705. The van der Waals surface area contributed by atoms with Gasteiger partial charge in [0.15, 0.2) is 0 Å². The summed E-state index contributed by atoms with van der Waals surface area (Å²) in [5.74, 6) is 1.09. The van der Waals surface area contributed by atoms with Crippen molar-refractivity contribution in [2.24, 2.45) is 0 Å². The minimum atomic E-state index is -1.06. The standard InChI is InChI=1S/C26H26N2O4S/c1-31-20-10-8-19(9-11-20)24-26(16-23(29)28-24,33-22-14-12-21(32-2)13-15-22)25(30)27-17-18-6-4-3-5-7-18/h3-15,24H,16-17H2,1-2H3,(H,27,30)(H,28,29)/t24-,26-/m1/s1. The summed E-state index contributed by atoms with van der Waals surface area (Å²) in [7, 11) is 3.22. The fraction of sp³-hybridized carbons (Fsp3) is 0.231. The van der Waals surface area contributed by atoms with Crippen LogP contribution < -0.4 is 20.1 Å². The number of carbonyl (C=O) groups is 2. The van der Waals surface area contributed by atoms with E-state index in [1.165, 1.54) is 11.8 Å². The monoisotopic (exact) mass is 462 g/mol. The quantitative estimate of drug-likeness (QED) is 0.527. The van der Waals surface area contributed by atoms with Crippen LogP contribution in [-0.2, 0) is 16.1 Å². The first-order valence-corrected chi connectivity index (χ1v) is 11.4. The van der Waals surface area contributed by atoms with Gasteiger partial charge in [-0.1, -0.05) is 42.5 Å². The number of benzene rings is 3. The molecule has 1 heterocycles. The highest BCUT2D eigenvalue weighted by Gasteiger charge is 2.54. The van der Waals surface area contributed by atoms with Crippen LogP contribution in [0.1, 0.15) is 23.6 Å². The van der Waals surface area contributed by atoms with Gasteiger partial charge < -0.3 is 20.1 Å². The zero-order valence-corrected chi connectivity index (χ0v) is 19.4. The van der Waals surface area contributed by atoms with Gasteiger partial charge in [0.1, 0.15) is 16.2 Å². The Morgan fingerprint density at radius 1 is 0.970 bits per heavy atom. The summed E-state index contributed by atoms with van der Waals surface area (Å²) >= 11 is 1.40. The molecule has 0 radical (unpaired) electrons. The number of amides is 2. The van der Waals surface area contributed by atoms with Crippen molar-refractivity contribution in [3.8, 4) is 11.5 Å². The van der Waals surface area contributed by atoms with E-state index in [9.17, 15) is 9.59 Å². The van der Waals surface area contributed by atoms with Crippen LogP contribution in [0.15, 0.2) is 83.8 Å². The fourth-order valence-electron chi connectivity index (χ4n) is 3.95. The van der Waals surface area contributed by atoms with Gasteiger partial charge in [0.2, 0.25) is 11.8 Å². The lowest BCUT2D eigenvalue weighted by Gasteiger charge is -2.32. The molecule has 2 atom stereocenters. The van der Waals surface area contributed by atoms with E-state index in [-0.39, 0.29) is 18.2 Å². The number of methoxy groups -OCH3 is 2. The lowest BCUT2D eigenvalue weighted by Crippen LogP contribution is -2.47. The molecule has 0 aromatic heterocycles. The van der Waals surface area contributed by atoms with Gasteiger partial charge in [-0.05, 0) is 47.5 Å². The van der Waals surface area contributed by atoms with Gasteiger partial charge in [0.05, 0.1) is 26.7 Å². The van der Waals surface area contributed by atoms with Crippen molar-refractivity contribution < 1.29 is 19.1 Å². The molecule has 4 rings (SSSR count). The predicted molar refractivity (Wildman–Crippen MR) is 128 cm³/mol. The number of nitrogens with one attached hydrogen (secondary N) is 2. The van der Waals surface area contributed by atoms with Crippen molar-refractivity contribution in [1.82, 2.24) is 10.6 Å². The zero-order chi connectivity index (χ0) is 23.3. The normalized spacial score (nSPS) is 19.6. The minimum absolute atomic E-state index is 0.0705. The number of ether oxygens (including phenoxy) is 2. The molecule has 2 N–H and O–H groups in total. The molecule has 0 unspecified atom stereocenters. The smallest absolute Gasteiger partial charge is 0.239 e. The first-order valence-electron chi connectivity index (χ1n) is 10.6. The predicted octanol–water partition coefficient (Wildman–Crippen LogP) is 4.11. The van der Waals surface area contributed by atoms with Gasteiger partial charge in [-0.3, -0.25) is 9.59 Å². The second-order valence-electron chi connectivity index (χ2n) is 7.79. The molecule has 1 saturated heterocycles. The van der Waals surface area contributed by atoms with Crippen LogP contribution in [-0.4, -0.2) is 30.8 Å². The van der Waals surface area contributed by atoms with Gasteiger partial charge in [0, 0.05) is 11.4 Å². The van der Waals surface area contributed by atoms with Gasteiger partial charge >= 0.3 is 0 Å². The molecule has 0 bridgehead atoms. The zero-order valence-electron chi connectivity index (χ0n) is 18.5. The summed E-state index contributed by atoms with van der Waals surface area (Å²) in [5.41, 5.74) is 1.84. The first-order chi connectivity index (χ1) is 16.0. The molecule has 7 heteroatoms. The summed E-state index contributed by atoms with van der Waals surface area (Å²) in [5, 5.41) is 6.10. The van der Waals surface area contributed by atoms with E-state index in [0.717, 1.165) is 21.8 Å². The Balaban J connectivity index is 1.69. The van der Waals surface area contributed by atoms with Crippen molar-refractivity contribution >= 4 is 23.6 Å². The maximum absolute atomic E-state index is 13.7. The van der Waals surface area contributed by atoms with E-state index in [0.29, 0.717) is 12.3 Å². The summed E-state index contributed by atoms with van der Waals surface area (Å²) in [6.45, 7) is 0.383. The van der Waals surface area contributed by atoms with Gasteiger partial charge in [-0.2, -0.15) is 0 Å². The highest BCUT2D eigenvalue weighted by atomic mass is 32.2. The topological polar surface area (TPSA) is 76.7 Å². The van der Waals surface area contributed by atoms with E-state index in [1.54, 1.807) is 14.2 Å². The Labute approximate surface area is 197 Å². The van der Waals surface area contributed by atoms with Crippen molar-refractivity contribution in [3.05, 3.63) is 90.0 Å². The Morgan fingerprint density at radius 3 is 2.18 bits per heavy atom. The summed E-state index contributed by atoms with van der Waals surface area (Å²) < 4.78 is 9.48. The average molecular weight is 463 g/mol. The largest absolute Gasteiger partial charge is 0.497 e. The highest BCUT2D eigenvalue weighted by Crippen LogP contribution is 2.48. The maximum Gasteiger partial charge on any atom is 0.239 e. The number of thioether (sulfide) groups is 1. The molecule has 3 aromatic carbocycles. The minimum Gasteiger partial charge on any atom is -0.497 e. The third-order valence-electron chi connectivity index (χ3n) is 5.68. The Kier molecular flexibility index (Phi) is 6.89. The highest BCUT2D eigenvalue weighted by molar-refractivity contribution is 8.01. The second kappa shape index (κ2) is 10.0. The molecule has 3 aromatic rings. The molecule has 0 saturated carbocycles. The van der Waals surface area contributed by atoms with Crippen molar-refractivity contribution in [3.63, 3.8) is 0 Å². The fourth-order valence-corrected chi connectivity index (χ4v) is 5.33. The van der Waals surface area contributed by atoms with Gasteiger partial charge in [0.25, 0.3) is 0 Å². The van der Waals surface area contributed by atoms with E-state index < -0.39 is 10.8 Å². The van der Waals surface area contributed by atoms with E-state index in [4.69, 9.17) is 9.47 Å². The Hall–Kier alpha value is -3.45. The average Bonchev–Trinajstić information content (AvgIpc) is 3.20. The van der Waals surface area contributed by atoms with Crippen LogP contribution in [0.4, 0.5) is 0 Å². The van der Waals surface area contributed by atoms with Crippen LogP contribution in [0.3, 0.4) is 0 Å². The molecule has 1 aliphatic heterocycles. The van der Waals surface area contributed by atoms with E-state index in [2.05, 4.69) is 10.6 Å². The lowest BCUT2D eigenvalue weighted by molar-refractivity contribution is -0.125. The SMILES string of the molecule is COc1ccc(S[C@]2(C(=O)NCc3ccccc3)CC(=O)N[C@@H]2c2ccc(OC)cc2)cc1. The molecular formula is C26H26N2O4S.